The Balaban J connectivity index is 2.41. The maximum Gasteiger partial charge on any atom is 0.417 e. The van der Waals surface area contributed by atoms with Gasteiger partial charge in [-0.05, 0) is 48.7 Å². The van der Waals surface area contributed by atoms with Crippen molar-refractivity contribution in [3.8, 4) is 0 Å². The molecule has 2 N–H and O–H groups in total. The molecule has 1 atom stereocenters. The first-order valence-corrected chi connectivity index (χ1v) is 11.5. The van der Waals surface area contributed by atoms with Crippen molar-refractivity contribution < 1.29 is 40.3 Å². The van der Waals surface area contributed by atoms with Gasteiger partial charge in [-0.1, -0.05) is 46.9 Å². The summed E-state index contributed by atoms with van der Waals surface area (Å²) in [6.45, 7) is -0.0378. The van der Waals surface area contributed by atoms with Crippen molar-refractivity contribution in [3.63, 3.8) is 0 Å². The first-order valence-electron chi connectivity index (χ1n) is 10.3. The van der Waals surface area contributed by atoms with Gasteiger partial charge in [-0.3, -0.25) is 9.59 Å². The molecule has 0 saturated carbocycles. The number of halogens is 10. The fourth-order valence-electron chi connectivity index (χ4n) is 3.14. The number of rotatable bonds is 8. The summed E-state index contributed by atoms with van der Waals surface area (Å²) in [5, 5.41) is 3.55. The van der Waals surface area contributed by atoms with Crippen LogP contribution in [0, 0.1) is 0 Å². The van der Waals surface area contributed by atoms with E-state index in [9.17, 15) is 40.3 Å². The smallest absolute Gasteiger partial charge is 0.352 e. The zero-order valence-electron chi connectivity index (χ0n) is 18.8. The Morgan fingerprint density at radius 1 is 1.00 bits per heavy atom. The van der Waals surface area contributed by atoms with E-state index in [1.165, 1.54) is 6.92 Å². The summed E-state index contributed by atoms with van der Waals surface area (Å²) >= 11 is 17.4. The van der Waals surface area contributed by atoms with E-state index in [-0.39, 0.29) is 27.2 Å². The fraction of sp³-hybridized carbons (Fsp3) is 0.304. The molecule has 2 rings (SSSR count). The summed E-state index contributed by atoms with van der Waals surface area (Å²) < 4.78 is 94.4. The Morgan fingerprint density at radius 2 is 1.59 bits per heavy atom. The van der Waals surface area contributed by atoms with E-state index in [1.807, 2.05) is 0 Å². The molecule has 1 unspecified atom stereocenters. The van der Waals surface area contributed by atoms with E-state index < -0.39 is 65.6 Å². The number of nitrogens with one attached hydrogen (secondary N) is 2. The molecule has 0 heterocycles. The molecule has 0 aliphatic heterocycles. The second-order valence-electron chi connectivity index (χ2n) is 7.63. The summed E-state index contributed by atoms with van der Waals surface area (Å²) in [7, 11) is 0. The highest BCUT2D eigenvalue weighted by molar-refractivity contribution is 6.48. The molecule has 2 aromatic rings. The quantitative estimate of drug-likeness (QED) is 0.254. The molecule has 0 aliphatic carbocycles. The minimum Gasteiger partial charge on any atom is -0.352 e. The molecule has 202 valence electrons. The first kappa shape index (κ1) is 30.7. The van der Waals surface area contributed by atoms with Crippen LogP contribution in [0.4, 0.5) is 30.7 Å². The number of alkyl halides is 7. The lowest BCUT2D eigenvalue weighted by molar-refractivity contribution is -0.138. The summed E-state index contributed by atoms with van der Waals surface area (Å²) in [4.78, 5) is 24.2. The van der Waals surface area contributed by atoms with Crippen molar-refractivity contribution in [2.45, 2.75) is 31.7 Å². The van der Waals surface area contributed by atoms with E-state index >= 15 is 0 Å². The number of benzene rings is 2. The van der Waals surface area contributed by atoms with Gasteiger partial charge in [0.2, 0.25) is 5.91 Å². The molecule has 4 nitrogen and oxygen atoms in total. The van der Waals surface area contributed by atoms with Gasteiger partial charge in [-0.25, -0.2) is 4.39 Å². The molecule has 0 fully saturated rings. The molecular formula is C23H18Cl3F7N2O2. The molecule has 0 aromatic heterocycles. The molecular weight excluding hydrogens is 576 g/mol. The lowest BCUT2D eigenvalue weighted by atomic mass is 9.98. The van der Waals surface area contributed by atoms with Crippen LogP contribution in [-0.4, -0.2) is 37.3 Å². The minimum atomic E-state index is -5.05. The van der Waals surface area contributed by atoms with Crippen molar-refractivity contribution in [3.05, 3.63) is 73.7 Å². The van der Waals surface area contributed by atoms with Crippen molar-refractivity contribution in [1.29, 1.82) is 0 Å². The van der Waals surface area contributed by atoms with Crippen LogP contribution in [0.5, 0.6) is 0 Å². The van der Waals surface area contributed by atoms with Gasteiger partial charge in [0.1, 0.15) is 12.7 Å². The largest absolute Gasteiger partial charge is 0.417 e. The molecule has 0 spiro atoms. The standard InChI is InChI=1S/C23H18Cl3F7N2O2/c1-11(20(36)34-7-6-27)35-21(37)14-4-2-12(8-16(14)23(31,32)33)3-5-15(22(28,29)30)13-9-17(24)19(26)18(25)10-13/h2,4-5,8-11H,3,6-7H2,1H3,(H,34,36)(H,35,37). The lowest BCUT2D eigenvalue weighted by Crippen LogP contribution is -2.45. The van der Waals surface area contributed by atoms with Crippen LogP contribution >= 0.6 is 34.8 Å². The molecule has 0 radical (unpaired) electrons. The van der Waals surface area contributed by atoms with Gasteiger partial charge in [0.15, 0.2) is 0 Å². The number of allylic oxidation sites excluding steroid dienone is 2. The van der Waals surface area contributed by atoms with Crippen molar-refractivity contribution in [2.75, 3.05) is 13.2 Å². The van der Waals surface area contributed by atoms with Crippen LogP contribution in [0.25, 0.3) is 5.57 Å². The lowest BCUT2D eigenvalue weighted by Gasteiger charge is -2.17. The average Bonchev–Trinajstić information content (AvgIpc) is 2.79. The van der Waals surface area contributed by atoms with Gasteiger partial charge in [-0.2, -0.15) is 26.3 Å². The van der Waals surface area contributed by atoms with Crippen LogP contribution in [0.15, 0.2) is 36.4 Å². The van der Waals surface area contributed by atoms with E-state index in [0.29, 0.717) is 12.1 Å². The van der Waals surface area contributed by atoms with Crippen LogP contribution in [-0.2, 0) is 17.4 Å². The molecule has 37 heavy (non-hydrogen) atoms. The van der Waals surface area contributed by atoms with E-state index in [4.69, 9.17) is 34.8 Å². The molecule has 14 heteroatoms. The Kier molecular flexibility index (Phi) is 10.3. The second kappa shape index (κ2) is 12.4. The maximum atomic E-state index is 13.7. The topological polar surface area (TPSA) is 58.2 Å². The SMILES string of the molecule is CC(NC(=O)c1ccc(CC=C(c2cc(Cl)c(Cl)c(Cl)c2)C(F)(F)F)cc1C(F)(F)F)C(=O)NCCF. The van der Waals surface area contributed by atoms with Crippen LogP contribution in [0.3, 0.4) is 0 Å². The van der Waals surface area contributed by atoms with Crippen molar-refractivity contribution in [1.82, 2.24) is 10.6 Å². The monoisotopic (exact) mass is 592 g/mol. The van der Waals surface area contributed by atoms with E-state index in [1.54, 1.807) is 0 Å². The van der Waals surface area contributed by atoms with Crippen molar-refractivity contribution >= 4 is 52.2 Å². The summed E-state index contributed by atoms with van der Waals surface area (Å²) in [5.74, 6) is -2.07. The first-order chi connectivity index (χ1) is 17.1. The minimum absolute atomic E-state index is 0.161. The van der Waals surface area contributed by atoms with Gasteiger partial charge in [0.05, 0.1) is 31.8 Å². The highest BCUT2D eigenvalue weighted by atomic mass is 35.5. The zero-order chi connectivity index (χ0) is 28.1. The average molecular weight is 594 g/mol. The molecule has 2 aromatic carbocycles. The van der Waals surface area contributed by atoms with E-state index in [2.05, 4.69) is 10.6 Å². The highest BCUT2D eigenvalue weighted by Gasteiger charge is 2.37. The molecule has 0 saturated heterocycles. The van der Waals surface area contributed by atoms with Crippen LogP contribution < -0.4 is 10.6 Å². The number of carbonyl (C=O) groups is 2. The van der Waals surface area contributed by atoms with Crippen molar-refractivity contribution in [2.24, 2.45) is 0 Å². The Hall–Kier alpha value is -2.50. The number of hydrogen-bond acceptors (Lipinski definition) is 2. The van der Waals surface area contributed by atoms with E-state index in [0.717, 1.165) is 24.3 Å². The van der Waals surface area contributed by atoms with Gasteiger partial charge >= 0.3 is 12.4 Å². The third-order valence-corrected chi connectivity index (χ3v) is 6.11. The predicted octanol–water partition coefficient (Wildman–Crippen LogP) is 7.06. The third kappa shape index (κ3) is 8.24. The summed E-state index contributed by atoms with van der Waals surface area (Å²) in [6, 6.07) is 2.94. The highest BCUT2D eigenvalue weighted by Crippen LogP contribution is 2.40. The molecule has 2 amide bonds. The van der Waals surface area contributed by atoms with Gasteiger partial charge in [0, 0.05) is 6.54 Å². The summed E-state index contributed by atoms with van der Waals surface area (Å²) in [5.41, 5.74) is -4.11. The third-order valence-electron chi connectivity index (χ3n) is 4.91. The second-order valence-corrected chi connectivity index (χ2v) is 8.82. The maximum absolute atomic E-state index is 13.7. The normalized spacial score (nSPS) is 13.3. The predicted molar refractivity (Wildman–Crippen MR) is 127 cm³/mol. The zero-order valence-corrected chi connectivity index (χ0v) is 21.0. The molecule has 0 bridgehead atoms. The Morgan fingerprint density at radius 3 is 2.11 bits per heavy atom. The Bertz CT molecular complexity index is 1170. The number of hydrogen-bond donors (Lipinski definition) is 2. The van der Waals surface area contributed by atoms with Crippen LogP contribution in [0.1, 0.15) is 34.0 Å². The summed E-state index contributed by atoms with van der Waals surface area (Å²) in [6.07, 6.45) is -9.90. The van der Waals surface area contributed by atoms with Crippen LogP contribution in [0.2, 0.25) is 15.1 Å². The Labute approximate surface area is 221 Å². The van der Waals surface area contributed by atoms with Gasteiger partial charge in [0.25, 0.3) is 5.91 Å². The fourth-order valence-corrected chi connectivity index (χ4v) is 3.74. The number of carbonyl (C=O) groups excluding carboxylic acids is 2. The number of amides is 2. The van der Waals surface area contributed by atoms with Gasteiger partial charge < -0.3 is 10.6 Å². The van der Waals surface area contributed by atoms with Gasteiger partial charge in [-0.15, -0.1) is 0 Å². The molecule has 0 aliphatic rings.